The second kappa shape index (κ2) is 9.51. The number of nitrogens with one attached hydrogen (secondary N) is 2. The molecule has 2 amide bonds. The fraction of sp³-hybridized carbons (Fsp3) is 0.650. The fourth-order valence-corrected chi connectivity index (χ4v) is 4.51. The van der Waals surface area contributed by atoms with Gasteiger partial charge in [-0.15, -0.1) is 0 Å². The number of benzene rings is 1. The smallest absolute Gasteiger partial charge is 0.314 e. The minimum atomic E-state index is -1.12. The highest BCUT2D eigenvalue weighted by Gasteiger charge is 2.36. The molecule has 0 bridgehead atoms. The first-order valence-electron chi connectivity index (χ1n) is 9.99. The number of nitrogens with zero attached hydrogens (tertiary/aromatic N) is 2. The Morgan fingerprint density at radius 3 is 2.54 bits per heavy atom. The quantitative estimate of drug-likeness (QED) is 0.739. The van der Waals surface area contributed by atoms with E-state index in [1.807, 2.05) is 12.1 Å². The van der Waals surface area contributed by atoms with Crippen LogP contribution in [0.15, 0.2) is 18.2 Å². The lowest BCUT2D eigenvalue weighted by Crippen LogP contribution is -2.49. The van der Waals surface area contributed by atoms with Crippen molar-refractivity contribution in [3.8, 4) is 0 Å². The Morgan fingerprint density at radius 1 is 1.21 bits per heavy atom. The third-order valence-electron chi connectivity index (χ3n) is 5.96. The van der Waals surface area contributed by atoms with E-state index in [1.165, 1.54) is 0 Å². The van der Waals surface area contributed by atoms with Gasteiger partial charge >= 0.3 is 6.03 Å². The number of carbonyl (C=O) groups is 1. The number of carbonyl (C=O) groups excluding carboxylic acids is 1. The van der Waals surface area contributed by atoms with Crippen LogP contribution in [0.1, 0.15) is 32.1 Å². The molecule has 156 valence electrons. The molecule has 8 heteroatoms. The Morgan fingerprint density at radius 2 is 1.89 bits per heavy atom. The first-order chi connectivity index (χ1) is 13.4. The summed E-state index contributed by atoms with van der Waals surface area (Å²) in [5.41, 5.74) is -0.147. The van der Waals surface area contributed by atoms with E-state index in [-0.39, 0.29) is 12.1 Å². The first kappa shape index (κ1) is 21.5. The second-order valence-electron chi connectivity index (χ2n) is 7.80. The molecule has 28 heavy (non-hydrogen) atoms. The van der Waals surface area contributed by atoms with E-state index in [0.29, 0.717) is 42.1 Å². The molecule has 0 spiro atoms. The molecule has 2 N–H and O–H groups in total. The molecule has 0 atom stereocenters. The Bertz CT molecular complexity index is 674. The van der Waals surface area contributed by atoms with Crippen LogP contribution < -0.4 is 15.5 Å². The van der Waals surface area contributed by atoms with Gasteiger partial charge in [-0.3, -0.25) is 4.90 Å². The average Bonchev–Trinajstić information content (AvgIpc) is 2.71. The van der Waals surface area contributed by atoms with Gasteiger partial charge in [-0.05, 0) is 44.2 Å². The minimum absolute atomic E-state index is 0.0785. The predicted molar refractivity (Wildman–Crippen MR) is 113 cm³/mol. The fourth-order valence-electron chi connectivity index (χ4n) is 4.09. The Labute approximate surface area is 176 Å². The van der Waals surface area contributed by atoms with E-state index in [2.05, 4.69) is 20.4 Å². The molecule has 1 saturated carbocycles. The third kappa shape index (κ3) is 5.43. The van der Waals surface area contributed by atoms with E-state index in [1.54, 1.807) is 13.1 Å². The van der Waals surface area contributed by atoms with Gasteiger partial charge in [-0.2, -0.15) is 0 Å². The summed E-state index contributed by atoms with van der Waals surface area (Å²) in [7, 11) is 1.59. The maximum atomic E-state index is 15.2. The summed E-state index contributed by atoms with van der Waals surface area (Å²) in [6.45, 7) is 4.26. The first-order valence-corrected chi connectivity index (χ1v) is 10.7. The lowest BCUT2D eigenvalue weighted by molar-refractivity contribution is 0.0688. The van der Waals surface area contributed by atoms with Gasteiger partial charge in [0.15, 0.2) is 0 Å². The average molecular weight is 431 g/mol. The number of anilines is 1. The molecule has 1 aromatic carbocycles. The summed E-state index contributed by atoms with van der Waals surface area (Å²) in [5, 5.41) is 6.61. The molecule has 3 rings (SSSR count). The van der Waals surface area contributed by atoms with E-state index >= 15 is 4.39 Å². The monoisotopic (exact) mass is 430 g/mol. The van der Waals surface area contributed by atoms with E-state index in [9.17, 15) is 4.79 Å². The largest absolute Gasteiger partial charge is 0.368 e. The van der Waals surface area contributed by atoms with E-state index in [0.717, 1.165) is 38.4 Å². The highest BCUT2D eigenvalue weighted by atomic mass is 35.5. The lowest BCUT2D eigenvalue weighted by Gasteiger charge is -2.39. The van der Waals surface area contributed by atoms with Crippen molar-refractivity contribution >= 4 is 34.9 Å². The maximum absolute atomic E-state index is 15.2. The summed E-state index contributed by atoms with van der Waals surface area (Å²) in [6.07, 6.45) is 2.98. The van der Waals surface area contributed by atoms with Crippen LogP contribution >= 0.6 is 23.2 Å². The Balaban J connectivity index is 1.42. The highest BCUT2D eigenvalue weighted by molar-refractivity contribution is 6.43. The molecule has 1 aliphatic carbocycles. The highest BCUT2D eigenvalue weighted by Crippen LogP contribution is 2.36. The lowest BCUT2D eigenvalue weighted by atomic mass is 9.81. The number of halogens is 3. The van der Waals surface area contributed by atoms with Crippen molar-refractivity contribution in [1.82, 2.24) is 15.5 Å². The number of rotatable bonds is 5. The summed E-state index contributed by atoms with van der Waals surface area (Å²) in [6, 6.07) is 5.59. The number of hydrogen-bond acceptors (Lipinski definition) is 3. The van der Waals surface area contributed by atoms with Crippen molar-refractivity contribution in [2.24, 2.45) is 0 Å². The molecule has 1 aromatic rings. The molecule has 0 radical (unpaired) electrons. The summed E-state index contributed by atoms with van der Waals surface area (Å²) < 4.78 is 15.2. The summed E-state index contributed by atoms with van der Waals surface area (Å²) in [4.78, 5) is 16.0. The zero-order valence-corrected chi connectivity index (χ0v) is 17.8. The van der Waals surface area contributed by atoms with Crippen LogP contribution in [-0.4, -0.2) is 62.4 Å². The summed E-state index contributed by atoms with van der Waals surface area (Å²) in [5.74, 6) is 0. The van der Waals surface area contributed by atoms with Crippen molar-refractivity contribution in [3.63, 3.8) is 0 Å². The van der Waals surface area contributed by atoms with Gasteiger partial charge in [0.05, 0.1) is 15.7 Å². The predicted octanol–water partition coefficient (Wildman–Crippen LogP) is 4.09. The molecule has 1 saturated heterocycles. The van der Waals surface area contributed by atoms with Crippen LogP contribution in [0, 0.1) is 0 Å². The van der Waals surface area contributed by atoms with Gasteiger partial charge in [0.25, 0.3) is 0 Å². The van der Waals surface area contributed by atoms with Gasteiger partial charge in [0, 0.05) is 45.8 Å². The molecule has 2 fully saturated rings. The number of alkyl halides is 1. The maximum Gasteiger partial charge on any atom is 0.314 e. The molecule has 2 aliphatic rings. The van der Waals surface area contributed by atoms with Crippen molar-refractivity contribution in [1.29, 1.82) is 0 Å². The van der Waals surface area contributed by atoms with Gasteiger partial charge in [0.1, 0.15) is 5.67 Å². The van der Waals surface area contributed by atoms with Crippen LogP contribution in [0.2, 0.25) is 10.0 Å². The molecule has 0 unspecified atom stereocenters. The van der Waals surface area contributed by atoms with Crippen molar-refractivity contribution < 1.29 is 9.18 Å². The minimum Gasteiger partial charge on any atom is -0.368 e. The molecule has 0 aromatic heterocycles. The van der Waals surface area contributed by atoms with Crippen molar-refractivity contribution in [2.75, 3.05) is 44.7 Å². The standard InChI is InChI=1S/C20H29Cl2FN4O/c1-24-19(28)25-15-5-7-20(23,8-6-15)9-10-26-11-13-27(14-12-26)17-4-2-3-16(21)18(17)22/h2-4,15H,5-14H2,1H3,(H2,24,25,28). The number of urea groups is 1. The van der Waals surface area contributed by atoms with Crippen LogP contribution in [-0.2, 0) is 0 Å². The van der Waals surface area contributed by atoms with Crippen LogP contribution in [0.5, 0.6) is 0 Å². The molecule has 5 nitrogen and oxygen atoms in total. The number of hydrogen-bond donors (Lipinski definition) is 2. The molecule has 1 heterocycles. The number of piperazine rings is 1. The normalized spacial score (nSPS) is 26.1. The number of amides is 2. The SMILES string of the molecule is CNC(=O)NC1CCC(F)(CCN2CCN(c3cccc(Cl)c3Cl)CC2)CC1. The van der Waals surface area contributed by atoms with Crippen molar-refractivity contribution in [3.05, 3.63) is 28.2 Å². The zero-order valence-electron chi connectivity index (χ0n) is 16.3. The van der Waals surface area contributed by atoms with Crippen molar-refractivity contribution in [2.45, 2.75) is 43.8 Å². The topological polar surface area (TPSA) is 47.6 Å². The van der Waals surface area contributed by atoms with Gasteiger partial charge in [0.2, 0.25) is 0 Å². The van der Waals surface area contributed by atoms with Gasteiger partial charge in [-0.25, -0.2) is 9.18 Å². The van der Waals surface area contributed by atoms with E-state index < -0.39 is 5.67 Å². The molecule has 1 aliphatic heterocycles. The zero-order chi connectivity index (χ0) is 20.1. The van der Waals surface area contributed by atoms with Gasteiger partial charge < -0.3 is 15.5 Å². The van der Waals surface area contributed by atoms with Crippen LogP contribution in [0.4, 0.5) is 14.9 Å². The second-order valence-corrected chi connectivity index (χ2v) is 8.59. The van der Waals surface area contributed by atoms with Gasteiger partial charge in [-0.1, -0.05) is 29.3 Å². The van der Waals surface area contributed by atoms with Crippen LogP contribution in [0.3, 0.4) is 0 Å². The summed E-state index contributed by atoms with van der Waals surface area (Å²) >= 11 is 12.5. The Hall–Kier alpha value is -1.24. The molecular formula is C20H29Cl2FN4O. The Kier molecular flexibility index (Phi) is 7.29. The van der Waals surface area contributed by atoms with E-state index in [4.69, 9.17) is 23.2 Å². The third-order valence-corrected chi connectivity index (χ3v) is 6.77. The van der Waals surface area contributed by atoms with Crippen LogP contribution in [0.25, 0.3) is 0 Å². The molecular weight excluding hydrogens is 402 g/mol.